The van der Waals surface area contributed by atoms with Crippen LogP contribution >= 0.6 is 0 Å². The van der Waals surface area contributed by atoms with Crippen LogP contribution < -0.4 is 28.7 Å². The van der Waals surface area contributed by atoms with Gasteiger partial charge in [-0.2, -0.15) is 0 Å². The summed E-state index contributed by atoms with van der Waals surface area (Å²) in [4.78, 5) is 40.5. The van der Waals surface area contributed by atoms with E-state index in [0.29, 0.717) is 22.5 Å². The van der Waals surface area contributed by atoms with Crippen LogP contribution in [0.5, 0.6) is 23.0 Å². The molecular weight excluding hydrogens is 993 g/mol. The Morgan fingerprint density at radius 1 is 0.350 bits per heavy atom. The van der Waals surface area contributed by atoms with Crippen molar-refractivity contribution in [1.29, 1.82) is 0 Å². The minimum absolute atomic E-state index is 0.236. The Labute approximate surface area is 466 Å². The van der Waals surface area contributed by atoms with Crippen LogP contribution in [0, 0.1) is 13.8 Å². The molecule has 0 unspecified atom stereocenters. The van der Waals surface area contributed by atoms with Crippen LogP contribution in [0.1, 0.15) is 33.4 Å². The van der Waals surface area contributed by atoms with E-state index in [-0.39, 0.29) is 24.9 Å². The summed E-state index contributed by atoms with van der Waals surface area (Å²) in [6.45, 7) is 4.58. The number of carbonyl (C=O) groups excluding carboxylic acids is 2. The fraction of sp³-hybridized carbons (Fsp3) is 0.114. The second kappa shape index (κ2) is 21.4. The molecule has 0 spiro atoms. The predicted molar refractivity (Wildman–Crippen MR) is 321 cm³/mol. The number of hydrogen-bond donors (Lipinski definition) is 0. The molecule has 10 heteroatoms. The van der Waals surface area contributed by atoms with Gasteiger partial charge in [-0.1, -0.05) is 120 Å². The highest BCUT2D eigenvalue weighted by molar-refractivity contribution is 6.32. The van der Waals surface area contributed by atoms with Gasteiger partial charge in [0.05, 0.1) is 75.4 Å². The van der Waals surface area contributed by atoms with Gasteiger partial charge >= 0.3 is 0 Å². The molecule has 80 heavy (non-hydrogen) atoms. The Morgan fingerprint density at radius 2 is 0.662 bits per heavy atom. The second-order valence-corrected chi connectivity index (χ2v) is 20.0. The molecule has 2 aliphatic rings. The number of benzene rings is 10. The van der Waals surface area contributed by atoms with E-state index >= 15 is 9.59 Å². The van der Waals surface area contributed by atoms with Crippen molar-refractivity contribution < 1.29 is 28.5 Å². The van der Waals surface area contributed by atoms with Crippen molar-refractivity contribution in [2.24, 2.45) is 0 Å². The molecule has 0 fully saturated rings. The number of nitrogens with zero attached hydrogens (tertiary/aromatic N) is 4. The van der Waals surface area contributed by atoms with Gasteiger partial charge in [-0.25, -0.2) is 0 Å². The van der Waals surface area contributed by atoms with E-state index in [1.807, 2.05) is 155 Å². The van der Waals surface area contributed by atoms with E-state index in [0.717, 1.165) is 112 Å². The van der Waals surface area contributed by atoms with Crippen LogP contribution in [0.2, 0.25) is 0 Å². The Balaban J connectivity index is 1.11. The van der Waals surface area contributed by atoms with Crippen molar-refractivity contribution in [2.75, 3.05) is 38.2 Å². The smallest absolute Gasteiger partial charge is 0.261 e. The molecule has 2 heterocycles. The fourth-order valence-corrected chi connectivity index (χ4v) is 11.4. The van der Waals surface area contributed by atoms with Crippen molar-refractivity contribution in [2.45, 2.75) is 26.9 Å². The average molecular weight is 1050 g/mol. The number of aryl methyl sites for hydroxylation is 2. The number of rotatable bonds is 16. The summed E-state index contributed by atoms with van der Waals surface area (Å²) in [5.74, 6) is 2.47. The quantitative estimate of drug-likeness (QED) is 0.0946. The molecule has 10 nitrogen and oxygen atoms in total. The summed E-state index contributed by atoms with van der Waals surface area (Å²) in [5.41, 5.74) is 12.9. The van der Waals surface area contributed by atoms with Crippen molar-refractivity contribution in [3.05, 3.63) is 263 Å². The summed E-state index contributed by atoms with van der Waals surface area (Å²) in [5, 5.41) is 3.60. The standard InChI is InChI=1S/C70H58N4O6/c1-45-13-11-15-47(41-45)43-71-67(61-37-39-63(59-19-9-7-17-57(59)61)73(49-21-29-53(77-3)30-22-49)50-23-31-54(78-4)32-24-50)65-66(69(71)75)68(72(70(65)76)44-48-16-12-14-46(2)42-48)62-38-40-64(60-20-10-8-18-58(60)62)74(51-25-33-55(79-5)34-26-51)52-27-35-56(80-6)36-28-52/h7-42H,43-44H2,1-6H3. The SMILES string of the molecule is COc1ccc(N(c2ccc(OC)cc2)c2ccc(C3=C4C(=O)N(Cc5cccc(C)c5)C(c5ccc(N(c6ccc(OC)cc6)c6ccc(OC)cc6)c6ccccc56)=C4C(=O)N3Cc3cccc(C)c3)c3ccccc23)cc1. The minimum atomic E-state index is -0.246. The van der Waals surface area contributed by atoms with E-state index in [1.165, 1.54) is 0 Å². The summed E-state index contributed by atoms with van der Waals surface area (Å²) in [6, 6.07) is 73.3. The van der Waals surface area contributed by atoms with Crippen LogP contribution in [0.25, 0.3) is 32.9 Å². The van der Waals surface area contributed by atoms with Gasteiger partial charge in [0.2, 0.25) is 0 Å². The molecule has 12 rings (SSSR count). The van der Waals surface area contributed by atoms with Crippen LogP contribution in [0.4, 0.5) is 34.1 Å². The summed E-state index contributed by atoms with van der Waals surface area (Å²) in [6.07, 6.45) is 0. The van der Waals surface area contributed by atoms with Gasteiger partial charge < -0.3 is 38.5 Å². The Morgan fingerprint density at radius 3 is 0.963 bits per heavy atom. The normalized spacial score (nSPS) is 13.1. The highest BCUT2D eigenvalue weighted by atomic mass is 16.5. The Kier molecular flexibility index (Phi) is 13.6. The molecule has 0 atom stereocenters. The number of amides is 2. The number of hydrogen-bond acceptors (Lipinski definition) is 8. The molecule has 10 aromatic carbocycles. The molecule has 2 amide bonds. The topological polar surface area (TPSA) is 84.0 Å². The molecule has 0 aromatic heterocycles. The fourth-order valence-electron chi connectivity index (χ4n) is 11.4. The number of anilines is 6. The molecule has 0 radical (unpaired) electrons. The van der Waals surface area contributed by atoms with Gasteiger partial charge in [-0.05, 0) is 145 Å². The van der Waals surface area contributed by atoms with Crippen molar-refractivity contribution in [3.8, 4) is 23.0 Å². The van der Waals surface area contributed by atoms with Gasteiger partial charge in [0.15, 0.2) is 0 Å². The molecule has 394 valence electrons. The summed E-state index contributed by atoms with van der Waals surface area (Å²) in [7, 11) is 6.65. The summed E-state index contributed by atoms with van der Waals surface area (Å²) < 4.78 is 22.4. The van der Waals surface area contributed by atoms with Gasteiger partial charge in [0.1, 0.15) is 23.0 Å². The first-order valence-electron chi connectivity index (χ1n) is 26.6. The maximum absolute atomic E-state index is 16.2. The lowest BCUT2D eigenvalue weighted by Crippen LogP contribution is -2.29. The summed E-state index contributed by atoms with van der Waals surface area (Å²) >= 11 is 0. The maximum atomic E-state index is 16.2. The molecular formula is C70H58N4O6. The van der Waals surface area contributed by atoms with Crippen LogP contribution in [0.3, 0.4) is 0 Å². The first kappa shape index (κ1) is 50.7. The van der Waals surface area contributed by atoms with E-state index in [2.05, 4.69) is 96.4 Å². The monoisotopic (exact) mass is 1050 g/mol. The lowest BCUT2D eigenvalue weighted by atomic mass is 9.95. The number of carbonyl (C=O) groups is 2. The largest absolute Gasteiger partial charge is 0.497 e. The van der Waals surface area contributed by atoms with Crippen molar-refractivity contribution >= 4 is 78.9 Å². The third-order valence-corrected chi connectivity index (χ3v) is 15.1. The molecule has 0 bridgehead atoms. The van der Waals surface area contributed by atoms with Crippen molar-refractivity contribution in [3.63, 3.8) is 0 Å². The van der Waals surface area contributed by atoms with Gasteiger partial charge in [-0.15, -0.1) is 0 Å². The second-order valence-electron chi connectivity index (χ2n) is 20.0. The first-order chi connectivity index (χ1) is 39.1. The number of ether oxygens (including phenoxy) is 4. The minimum Gasteiger partial charge on any atom is -0.497 e. The van der Waals surface area contributed by atoms with Crippen molar-refractivity contribution in [1.82, 2.24) is 9.80 Å². The van der Waals surface area contributed by atoms with Crippen LogP contribution in [-0.2, 0) is 22.7 Å². The highest BCUT2D eigenvalue weighted by Gasteiger charge is 2.49. The lowest BCUT2D eigenvalue weighted by molar-refractivity contribution is -0.124. The van der Waals surface area contributed by atoms with E-state index in [1.54, 1.807) is 28.4 Å². The predicted octanol–water partition coefficient (Wildman–Crippen LogP) is 15.8. The van der Waals surface area contributed by atoms with Crippen LogP contribution in [0.15, 0.2) is 230 Å². The molecule has 10 aromatic rings. The Bertz CT molecular complexity index is 3710. The first-order valence-corrected chi connectivity index (χ1v) is 26.6. The van der Waals surface area contributed by atoms with Gasteiger partial charge in [0.25, 0.3) is 11.8 Å². The van der Waals surface area contributed by atoms with E-state index in [9.17, 15) is 0 Å². The lowest BCUT2D eigenvalue weighted by Gasteiger charge is -2.30. The molecule has 0 N–H and O–H groups in total. The van der Waals surface area contributed by atoms with E-state index in [4.69, 9.17) is 18.9 Å². The Hall–Kier alpha value is -10.1. The third kappa shape index (κ3) is 9.20. The number of fused-ring (bicyclic) bond motifs is 3. The highest BCUT2D eigenvalue weighted by Crippen LogP contribution is 2.52. The zero-order chi connectivity index (χ0) is 55.0. The van der Waals surface area contributed by atoms with E-state index < -0.39 is 0 Å². The third-order valence-electron chi connectivity index (χ3n) is 15.1. The maximum Gasteiger partial charge on any atom is 0.261 e. The molecule has 0 saturated carbocycles. The number of methoxy groups -OCH3 is 4. The molecule has 0 saturated heterocycles. The zero-order valence-electron chi connectivity index (χ0n) is 45.4. The average Bonchev–Trinajstić information content (AvgIpc) is 4.16. The molecule has 2 aliphatic heterocycles. The van der Waals surface area contributed by atoms with Gasteiger partial charge in [0, 0.05) is 44.6 Å². The zero-order valence-corrected chi connectivity index (χ0v) is 45.4. The van der Waals surface area contributed by atoms with Crippen LogP contribution in [-0.4, -0.2) is 50.1 Å². The van der Waals surface area contributed by atoms with Gasteiger partial charge in [-0.3, -0.25) is 9.59 Å². The molecule has 0 aliphatic carbocycles.